The number of anilines is 1. The molecule has 2 aromatic heterocycles. The minimum Gasteiger partial charge on any atom is -0.322 e. The van der Waals surface area contributed by atoms with Crippen molar-refractivity contribution < 1.29 is 13.2 Å². The molecule has 2 aromatic carbocycles. The standard InChI is InChI=1S/C21H21N5O4S/c1-21(2,3)25-31(29,30)14-8-6-7-13(11-14)23-20(28)16-12-22-26-17-10-5-4-9-15(17)19(27)24-18(16)26/h4-12,25H,1-3H3,(H,23,28)(H,24,27). The quantitative estimate of drug-likeness (QED) is 0.450. The molecule has 0 aliphatic carbocycles. The van der Waals surface area contributed by atoms with Crippen molar-refractivity contribution in [2.45, 2.75) is 31.2 Å². The number of carbonyl (C=O) groups is 1. The summed E-state index contributed by atoms with van der Waals surface area (Å²) in [6, 6.07) is 12.9. The molecular formula is C21H21N5O4S. The summed E-state index contributed by atoms with van der Waals surface area (Å²) in [5, 5.41) is 7.35. The third kappa shape index (κ3) is 4.07. The van der Waals surface area contributed by atoms with Gasteiger partial charge in [-0.05, 0) is 51.1 Å². The Kier molecular flexibility index (Phi) is 4.91. The zero-order chi connectivity index (χ0) is 22.4. The summed E-state index contributed by atoms with van der Waals surface area (Å²) in [6.45, 7) is 5.23. The summed E-state index contributed by atoms with van der Waals surface area (Å²) < 4.78 is 29.2. The molecule has 31 heavy (non-hydrogen) atoms. The number of benzene rings is 2. The number of aromatic amines is 1. The Morgan fingerprint density at radius 2 is 1.84 bits per heavy atom. The highest BCUT2D eigenvalue weighted by Gasteiger charge is 2.23. The molecule has 0 bridgehead atoms. The summed E-state index contributed by atoms with van der Waals surface area (Å²) in [7, 11) is -3.76. The third-order valence-corrected chi connectivity index (χ3v) is 6.22. The summed E-state index contributed by atoms with van der Waals surface area (Å²) in [4.78, 5) is 28.0. The number of hydrogen-bond acceptors (Lipinski definition) is 5. The Balaban J connectivity index is 1.68. The van der Waals surface area contributed by atoms with Crippen molar-refractivity contribution in [1.82, 2.24) is 19.3 Å². The highest BCUT2D eigenvalue weighted by molar-refractivity contribution is 7.89. The Bertz CT molecular complexity index is 1480. The van der Waals surface area contributed by atoms with Crippen LogP contribution in [0.4, 0.5) is 5.69 Å². The number of amides is 1. The fourth-order valence-electron chi connectivity index (χ4n) is 3.24. The van der Waals surface area contributed by atoms with Crippen molar-refractivity contribution in [2.75, 3.05) is 5.32 Å². The van der Waals surface area contributed by atoms with Gasteiger partial charge in [0.15, 0.2) is 0 Å². The molecule has 0 radical (unpaired) electrons. The summed E-state index contributed by atoms with van der Waals surface area (Å²) in [5.41, 5.74) is 0.289. The first kappa shape index (κ1) is 20.8. The maximum atomic E-state index is 12.9. The fourth-order valence-corrected chi connectivity index (χ4v) is 4.71. The number of nitrogens with zero attached hydrogens (tertiary/aromatic N) is 2. The third-order valence-electron chi connectivity index (χ3n) is 4.47. The predicted octanol–water partition coefficient (Wildman–Crippen LogP) is 2.50. The Morgan fingerprint density at radius 1 is 1.10 bits per heavy atom. The largest absolute Gasteiger partial charge is 0.322 e. The van der Waals surface area contributed by atoms with Gasteiger partial charge in [0, 0.05) is 11.2 Å². The monoisotopic (exact) mass is 439 g/mol. The van der Waals surface area contributed by atoms with Gasteiger partial charge in [-0.3, -0.25) is 9.59 Å². The van der Waals surface area contributed by atoms with Crippen LogP contribution in [0.15, 0.2) is 64.4 Å². The van der Waals surface area contributed by atoms with E-state index in [0.717, 1.165) is 0 Å². The first-order valence-electron chi connectivity index (χ1n) is 9.49. The number of sulfonamides is 1. The highest BCUT2D eigenvalue weighted by atomic mass is 32.2. The molecule has 0 atom stereocenters. The number of para-hydroxylation sites is 1. The van der Waals surface area contributed by atoms with Gasteiger partial charge in [0.1, 0.15) is 11.2 Å². The molecule has 4 aromatic rings. The molecule has 4 rings (SSSR count). The molecule has 2 heterocycles. The highest BCUT2D eigenvalue weighted by Crippen LogP contribution is 2.20. The number of rotatable bonds is 4. The van der Waals surface area contributed by atoms with E-state index < -0.39 is 21.5 Å². The molecule has 9 nitrogen and oxygen atoms in total. The average molecular weight is 439 g/mol. The van der Waals surface area contributed by atoms with E-state index in [1.807, 2.05) is 0 Å². The van der Waals surface area contributed by atoms with E-state index >= 15 is 0 Å². The van der Waals surface area contributed by atoms with E-state index in [-0.39, 0.29) is 21.7 Å². The van der Waals surface area contributed by atoms with Gasteiger partial charge >= 0.3 is 0 Å². The van der Waals surface area contributed by atoms with E-state index in [1.165, 1.54) is 28.9 Å². The summed E-state index contributed by atoms with van der Waals surface area (Å²) in [6.07, 6.45) is 1.36. The van der Waals surface area contributed by atoms with Gasteiger partial charge in [-0.1, -0.05) is 18.2 Å². The molecule has 0 saturated carbocycles. The lowest BCUT2D eigenvalue weighted by Gasteiger charge is -2.20. The first-order valence-corrected chi connectivity index (χ1v) is 11.0. The maximum Gasteiger partial charge on any atom is 0.261 e. The molecule has 160 valence electrons. The molecule has 0 unspecified atom stereocenters. The second kappa shape index (κ2) is 7.33. The number of H-pyrrole nitrogens is 1. The topological polar surface area (TPSA) is 125 Å². The number of aromatic nitrogens is 3. The number of carbonyl (C=O) groups excluding carboxylic acids is 1. The Labute approximate surface area is 178 Å². The smallest absolute Gasteiger partial charge is 0.261 e. The normalized spacial score (nSPS) is 12.4. The first-order chi connectivity index (χ1) is 14.5. The Hall–Kier alpha value is -3.50. The number of fused-ring (bicyclic) bond motifs is 3. The van der Waals surface area contributed by atoms with Crippen molar-refractivity contribution in [3.05, 3.63) is 70.6 Å². The van der Waals surface area contributed by atoms with Gasteiger partial charge in [-0.25, -0.2) is 17.7 Å². The molecule has 0 aliphatic heterocycles. The van der Waals surface area contributed by atoms with E-state index in [1.54, 1.807) is 51.1 Å². The minimum atomic E-state index is -3.76. The van der Waals surface area contributed by atoms with Crippen molar-refractivity contribution in [3.8, 4) is 0 Å². The van der Waals surface area contributed by atoms with Crippen molar-refractivity contribution in [3.63, 3.8) is 0 Å². The Morgan fingerprint density at radius 3 is 2.58 bits per heavy atom. The van der Waals surface area contributed by atoms with E-state index in [9.17, 15) is 18.0 Å². The lowest BCUT2D eigenvalue weighted by Crippen LogP contribution is -2.40. The fraction of sp³-hybridized carbons (Fsp3) is 0.190. The van der Waals surface area contributed by atoms with Gasteiger partial charge in [-0.15, -0.1) is 0 Å². The van der Waals surface area contributed by atoms with Gasteiger partial charge < -0.3 is 10.3 Å². The predicted molar refractivity (Wildman–Crippen MR) is 118 cm³/mol. The number of hydrogen-bond donors (Lipinski definition) is 3. The van der Waals surface area contributed by atoms with Crippen LogP contribution in [-0.2, 0) is 10.0 Å². The van der Waals surface area contributed by atoms with Crippen LogP contribution in [0.25, 0.3) is 16.6 Å². The van der Waals surface area contributed by atoms with Crippen molar-refractivity contribution in [1.29, 1.82) is 0 Å². The van der Waals surface area contributed by atoms with Crippen LogP contribution in [0.1, 0.15) is 31.1 Å². The van der Waals surface area contributed by atoms with E-state index in [4.69, 9.17) is 0 Å². The zero-order valence-electron chi connectivity index (χ0n) is 17.1. The minimum absolute atomic E-state index is 0.0273. The summed E-state index contributed by atoms with van der Waals surface area (Å²) >= 11 is 0. The summed E-state index contributed by atoms with van der Waals surface area (Å²) in [5.74, 6) is -0.528. The van der Waals surface area contributed by atoms with Crippen molar-refractivity contribution in [2.24, 2.45) is 0 Å². The van der Waals surface area contributed by atoms with Crippen LogP contribution in [0.2, 0.25) is 0 Å². The van der Waals surface area contributed by atoms with Crippen LogP contribution in [-0.4, -0.2) is 34.5 Å². The van der Waals surface area contributed by atoms with Crippen LogP contribution in [0, 0.1) is 0 Å². The van der Waals surface area contributed by atoms with E-state index in [0.29, 0.717) is 16.6 Å². The molecular weight excluding hydrogens is 418 g/mol. The van der Waals surface area contributed by atoms with Gasteiger partial charge in [-0.2, -0.15) is 5.10 Å². The SMILES string of the molecule is CC(C)(C)NS(=O)(=O)c1cccc(NC(=O)c2cnn3c2[nH]c(=O)c2ccccc23)c1. The molecule has 0 fully saturated rings. The van der Waals surface area contributed by atoms with Crippen LogP contribution >= 0.6 is 0 Å². The van der Waals surface area contributed by atoms with Crippen LogP contribution < -0.4 is 15.6 Å². The second-order valence-electron chi connectivity index (χ2n) is 8.13. The lowest BCUT2D eigenvalue weighted by atomic mass is 10.1. The molecule has 10 heteroatoms. The molecule has 0 spiro atoms. The molecule has 0 saturated heterocycles. The number of nitrogens with one attached hydrogen (secondary N) is 3. The molecule has 1 amide bonds. The maximum absolute atomic E-state index is 12.9. The lowest BCUT2D eigenvalue weighted by molar-refractivity contribution is 0.102. The van der Waals surface area contributed by atoms with Gasteiger partial charge in [0.05, 0.1) is 22.0 Å². The molecule has 0 aliphatic rings. The van der Waals surface area contributed by atoms with Crippen LogP contribution in [0.5, 0.6) is 0 Å². The second-order valence-corrected chi connectivity index (χ2v) is 9.81. The van der Waals surface area contributed by atoms with E-state index in [2.05, 4.69) is 20.1 Å². The van der Waals surface area contributed by atoms with Crippen LogP contribution in [0.3, 0.4) is 0 Å². The molecule has 3 N–H and O–H groups in total. The van der Waals surface area contributed by atoms with Gasteiger partial charge in [0.2, 0.25) is 10.0 Å². The zero-order valence-corrected chi connectivity index (χ0v) is 17.9. The van der Waals surface area contributed by atoms with Gasteiger partial charge in [0.25, 0.3) is 11.5 Å². The van der Waals surface area contributed by atoms with Crippen molar-refractivity contribution >= 4 is 38.2 Å². The average Bonchev–Trinajstić information content (AvgIpc) is 3.11.